The number of carbonyl (C=O) groups is 1. The molecule has 0 saturated carbocycles. The van der Waals surface area contributed by atoms with Gasteiger partial charge in [0.1, 0.15) is 0 Å². The Morgan fingerprint density at radius 2 is 1.45 bits per heavy atom. The van der Waals surface area contributed by atoms with Gasteiger partial charge in [0.15, 0.2) is 0 Å². The maximum Gasteiger partial charge on any atom is 0.394 e. The average molecular weight is 225 g/mol. The molecule has 0 radical (unpaired) electrons. The van der Waals surface area contributed by atoms with Gasteiger partial charge < -0.3 is 10.8 Å². The number of carboxylic acid groups (broad SMARTS) is 1. The van der Waals surface area contributed by atoms with E-state index in [2.05, 4.69) is 5.73 Å². The third kappa shape index (κ3) is 180. The topological polar surface area (TPSA) is 138 Å². The van der Waals surface area contributed by atoms with Crippen molar-refractivity contribution in [2.45, 2.75) is 0 Å². The van der Waals surface area contributed by atoms with E-state index in [0.29, 0.717) is 0 Å². The normalized spacial score (nSPS) is 8.64. The molecule has 0 unspecified atom stereocenters. The van der Waals surface area contributed by atoms with Crippen molar-refractivity contribution in [1.29, 1.82) is 0 Å². The van der Waals surface area contributed by atoms with Crippen LogP contribution < -0.4 is 5.73 Å². The predicted octanol–water partition coefficient (Wildman–Crippen LogP) is -1.63. The van der Waals surface area contributed by atoms with Crippen molar-refractivity contribution in [3.05, 3.63) is 0 Å². The first-order chi connectivity index (χ1) is 4.27. The Morgan fingerprint density at radius 3 is 1.45 bits per heavy atom. The summed E-state index contributed by atoms with van der Waals surface area (Å²) in [6.45, 7) is -0.278. The molecule has 5 N–H and O–H groups in total. The first kappa shape index (κ1) is 17.1. The maximum absolute atomic E-state index is 9.24. The van der Waals surface area contributed by atoms with Crippen molar-refractivity contribution >= 4 is 16.4 Å². The zero-order valence-corrected chi connectivity index (χ0v) is 7.26. The summed E-state index contributed by atoms with van der Waals surface area (Å²) in [7, 11) is -4.67. The van der Waals surface area contributed by atoms with Gasteiger partial charge in [-0.15, -0.1) is 0 Å². The third-order valence-corrected chi connectivity index (χ3v) is 0.175. The zero-order valence-electron chi connectivity index (χ0n) is 5.17. The Labute approximate surface area is 73.9 Å². The van der Waals surface area contributed by atoms with Gasteiger partial charge in [-0.1, -0.05) is 0 Å². The second-order valence-corrected chi connectivity index (χ2v) is 1.94. The Balaban J connectivity index is -0.000000107. The molecule has 68 valence electrons. The monoisotopic (exact) mass is 225 g/mol. The maximum atomic E-state index is 9.24. The quantitative estimate of drug-likeness (QED) is 0.393. The summed E-state index contributed by atoms with van der Waals surface area (Å²) < 4.78 is 31.6. The Morgan fingerprint density at radius 1 is 1.36 bits per heavy atom. The van der Waals surface area contributed by atoms with Crippen molar-refractivity contribution in [2.24, 2.45) is 5.73 Å². The van der Waals surface area contributed by atoms with Crippen LogP contribution in [0.5, 0.6) is 0 Å². The van der Waals surface area contributed by atoms with Crippen LogP contribution in [-0.2, 0) is 32.6 Å². The molecule has 0 aliphatic rings. The molecular weight excluding hydrogens is 218 g/mol. The molecule has 7 nitrogen and oxygen atoms in total. The number of nitrogens with two attached hydrogens (primary N) is 1. The SMILES string of the molecule is NCC(=O)O.O=S(=O)(O)O.[Cr]. The number of hydrogen-bond donors (Lipinski definition) is 4. The van der Waals surface area contributed by atoms with Gasteiger partial charge >= 0.3 is 16.4 Å². The van der Waals surface area contributed by atoms with Gasteiger partial charge in [0, 0.05) is 17.4 Å². The van der Waals surface area contributed by atoms with E-state index >= 15 is 0 Å². The van der Waals surface area contributed by atoms with Crippen LogP contribution in [0.3, 0.4) is 0 Å². The van der Waals surface area contributed by atoms with Crippen LogP contribution in [0.1, 0.15) is 0 Å². The molecular formula is C2H7CrNO6S. The van der Waals surface area contributed by atoms with Gasteiger partial charge in [0.05, 0.1) is 6.54 Å². The standard InChI is InChI=1S/C2H5NO2.Cr.H2O4S/c3-1-2(4)5;;1-5(2,3)4/h1,3H2,(H,4,5);;(H2,1,2,3,4). The minimum atomic E-state index is -4.67. The van der Waals surface area contributed by atoms with E-state index < -0.39 is 16.4 Å². The van der Waals surface area contributed by atoms with Gasteiger partial charge in [-0.2, -0.15) is 8.42 Å². The number of hydrogen-bond acceptors (Lipinski definition) is 4. The smallest absolute Gasteiger partial charge is 0.394 e. The molecule has 0 aromatic carbocycles. The third-order valence-electron chi connectivity index (χ3n) is 0.175. The van der Waals surface area contributed by atoms with Crippen LogP contribution >= 0.6 is 0 Å². The molecule has 0 bridgehead atoms. The fourth-order valence-corrected chi connectivity index (χ4v) is 0. The van der Waals surface area contributed by atoms with E-state index in [-0.39, 0.29) is 23.9 Å². The Kier molecular flexibility index (Phi) is 12.3. The minimum Gasteiger partial charge on any atom is -0.480 e. The Hall–Kier alpha value is -0.168. The summed E-state index contributed by atoms with van der Waals surface area (Å²) in [6, 6.07) is 0. The molecule has 9 heteroatoms. The minimum absolute atomic E-state index is 0. The van der Waals surface area contributed by atoms with Crippen LogP contribution in [0.15, 0.2) is 0 Å². The van der Waals surface area contributed by atoms with Crippen LogP contribution in [0.2, 0.25) is 0 Å². The molecule has 0 heterocycles. The molecule has 0 fully saturated rings. The van der Waals surface area contributed by atoms with Crippen molar-refractivity contribution < 1.29 is 44.8 Å². The molecule has 0 saturated heterocycles. The molecule has 0 amide bonds. The largest absolute Gasteiger partial charge is 0.480 e. The van der Waals surface area contributed by atoms with E-state index in [1.54, 1.807) is 0 Å². The number of carboxylic acids is 1. The second kappa shape index (κ2) is 7.93. The fraction of sp³-hybridized carbons (Fsp3) is 0.500. The average Bonchev–Trinajstić information content (AvgIpc) is 1.61. The molecule has 0 aromatic rings. The molecule has 0 aliphatic carbocycles. The van der Waals surface area contributed by atoms with E-state index in [9.17, 15) is 4.79 Å². The van der Waals surface area contributed by atoms with Gasteiger partial charge in [0.25, 0.3) is 0 Å². The van der Waals surface area contributed by atoms with Crippen LogP contribution in [-0.4, -0.2) is 35.1 Å². The van der Waals surface area contributed by atoms with Gasteiger partial charge in [0.2, 0.25) is 0 Å². The number of rotatable bonds is 1. The zero-order chi connectivity index (χ0) is 8.78. The summed E-state index contributed by atoms with van der Waals surface area (Å²) in [5.41, 5.74) is 4.57. The first-order valence-corrected chi connectivity index (χ1v) is 3.28. The van der Waals surface area contributed by atoms with Gasteiger partial charge in [-0.05, 0) is 0 Å². The molecule has 0 aliphatic heterocycles. The summed E-state index contributed by atoms with van der Waals surface area (Å²) in [5.74, 6) is -0.968. The molecule has 0 atom stereocenters. The van der Waals surface area contributed by atoms with Crippen molar-refractivity contribution in [3.63, 3.8) is 0 Å². The summed E-state index contributed by atoms with van der Waals surface area (Å²) in [5, 5.41) is 7.60. The number of aliphatic carboxylic acids is 1. The van der Waals surface area contributed by atoms with E-state index in [1.165, 1.54) is 0 Å². The van der Waals surface area contributed by atoms with Crippen molar-refractivity contribution in [1.82, 2.24) is 0 Å². The summed E-state index contributed by atoms with van der Waals surface area (Å²) in [6.07, 6.45) is 0. The van der Waals surface area contributed by atoms with Crippen molar-refractivity contribution in [2.75, 3.05) is 6.54 Å². The van der Waals surface area contributed by atoms with E-state index in [0.717, 1.165) is 0 Å². The molecule has 0 spiro atoms. The predicted molar refractivity (Wildman–Crippen MR) is 30.9 cm³/mol. The van der Waals surface area contributed by atoms with Crippen molar-refractivity contribution in [3.8, 4) is 0 Å². The van der Waals surface area contributed by atoms with Crippen LogP contribution in [0, 0.1) is 0 Å². The van der Waals surface area contributed by atoms with E-state index in [4.69, 9.17) is 22.6 Å². The van der Waals surface area contributed by atoms with Gasteiger partial charge in [-0.25, -0.2) is 0 Å². The molecule has 11 heavy (non-hydrogen) atoms. The summed E-state index contributed by atoms with van der Waals surface area (Å²) >= 11 is 0. The first-order valence-electron chi connectivity index (χ1n) is 1.89. The Bertz CT molecular complexity index is 179. The fourth-order valence-electron chi connectivity index (χ4n) is 0. The molecule has 0 rings (SSSR count). The van der Waals surface area contributed by atoms with Gasteiger partial charge in [-0.3, -0.25) is 13.9 Å². The van der Waals surface area contributed by atoms with Crippen LogP contribution in [0.4, 0.5) is 0 Å². The van der Waals surface area contributed by atoms with Crippen LogP contribution in [0.25, 0.3) is 0 Å². The molecule has 0 aromatic heterocycles. The summed E-state index contributed by atoms with van der Waals surface area (Å²) in [4.78, 5) is 9.24. The second-order valence-electron chi connectivity index (χ2n) is 1.05. The van der Waals surface area contributed by atoms with E-state index in [1.807, 2.05) is 0 Å².